The second-order valence-electron chi connectivity index (χ2n) is 2.95. The van der Waals surface area contributed by atoms with Gasteiger partial charge < -0.3 is 10.2 Å². The zero-order chi connectivity index (χ0) is 9.61. The highest BCUT2D eigenvalue weighted by Crippen LogP contribution is 2.39. The van der Waals surface area contributed by atoms with Crippen LogP contribution in [0.1, 0.15) is 20.3 Å². The molecule has 0 fully saturated rings. The second kappa shape index (κ2) is 5.39. The summed E-state index contributed by atoms with van der Waals surface area (Å²) in [5.74, 6) is 0. The smallest absolute Gasteiger partial charge is 0.200 e. The Bertz CT molecular complexity index is 191. The maximum atomic E-state index is 11.1. The van der Waals surface area contributed by atoms with Gasteiger partial charge in [-0.25, -0.2) is 0 Å². The number of hydrogen-bond donors (Lipinski definition) is 2. The van der Waals surface area contributed by atoms with Gasteiger partial charge in [0.15, 0.2) is 7.37 Å². The molecule has 0 aliphatic carbocycles. The SMILES string of the molecule is C=C(C)NCCCP(=O)(O)CC. The maximum Gasteiger partial charge on any atom is 0.200 e. The van der Waals surface area contributed by atoms with Crippen molar-refractivity contribution in [2.45, 2.75) is 20.3 Å². The summed E-state index contributed by atoms with van der Waals surface area (Å²) in [6, 6.07) is 0. The van der Waals surface area contributed by atoms with Crippen LogP contribution in [0.5, 0.6) is 0 Å². The second-order valence-corrected chi connectivity index (χ2v) is 5.72. The van der Waals surface area contributed by atoms with Gasteiger partial charge in [0.05, 0.1) is 0 Å². The third-order valence-corrected chi connectivity index (χ3v) is 3.61. The van der Waals surface area contributed by atoms with E-state index in [-0.39, 0.29) is 0 Å². The lowest BCUT2D eigenvalue weighted by molar-refractivity contribution is 0.477. The summed E-state index contributed by atoms with van der Waals surface area (Å²) in [6.07, 6.45) is 1.51. The summed E-state index contributed by atoms with van der Waals surface area (Å²) >= 11 is 0. The Labute approximate surface area is 74.3 Å². The van der Waals surface area contributed by atoms with Gasteiger partial charge in [0.2, 0.25) is 0 Å². The van der Waals surface area contributed by atoms with E-state index in [4.69, 9.17) is 0 Å². The number of rotatable bonds is 6. The summed E-state index contributed by atoms with van der Waals surface area (Å²) in [5, 5.41) is 3.02. The Hall–Kier alpha value is -0.270. The highest BCUT2D eigenvalue weighted by atomic mass is 31.2. The van der Waals surface area contributed by atoms with E-state index >= 15 is 0 Å². The molecule has 0 aromatic rings. The zero-order valence-electron chi connectivity index (χ0n) is 7.84. The molecule has 0 saturated carbocycles. The van der Waals surface area contributed by atoms with E-state index in [9.17, 15) is 9.46 Å². The fraction of sp³-hybridized carbons (Fsp3) is 0.750. The molecule has 0 heterocycles. The van der Waals surface area contributed by atoms with Crippen molar-refractivity contribution < 1.29 is 9.46 Å². The normalized spacial score (nSPS) is 15.2. The molecule has 2 N–H and O–H groups in total. The minimum atomic E-state index is -2.80. The van der Waals surface area contributed by atoms with Crippen LogP contribution >= 0.6 is 7.37 Å². The molecule has 1 atom stereocenters. The Morgan fingerprint density at radius 2 is 2.25 bits per heavy atom. The van der Waals surface area contributed by atoms with Crippen molar-refractivity contribution in [2.75, 3.05) is 18.9 Å². The van der Waals surface area contributed by atoms with Crippen LogP contribution in [0.25, 0.3) is 0 Å². The molecule has 0 spiro atoms. The van der Waals surface area contributed by atoms with E-state index < -0.39 is 7.37 Å². The molecule has 0 rings (SSSR count). The molecule has 1 unspecified atom stereocenters. The van der Waals surface area contributed by atoms with Gasteiger partial charge in [-0.05, 0) is 13.3 Å². The average molecular weight is 191 g/mol. The van der Waals surface area contributed by atoms with Gasteiger partial charge in [-0.15, -0.1) is 0 Å². The lowest BCUT2D eigenvalue weighted by atomic mass is 10.4. The Balaban J connectivity index is 3.44. The first kappa shape index (κ1) is 11.7. The van der Waals surface area contributed by atoms with Crippen LogP contribution in [0.3, 0.4) is 0 Å². The van der Waals surface area contributed by atoms with E-state index in [1.54, 1.807) is 6.92 Å². The van der Waals surface area contributed by atoms with Crippen LogP contribution in [0.15, 0.2) is 12.3 Å². The van der Waals surface area contributed by atoms with Crippen LogP contribution in [0.4, 0.5) is 0 Å². The summed E-state index contributed by atoms with van der Waals surface area (Å²) in [5.41, 5.74) is 0.902. The summed E-state index contributed by atoms with van der Waals surface area (Å²) in [4.78, 5) is 9.19. The fourth-order valence-corrected chi connectivity index (χ4v) is 1.75. The number of allylic oxidation sites excluding steroid dienone is 1. The van der Waals surface area contributed by atoms with Crippen molar-refractivity contribution in [3.63, 3.8) is 0 Å². The van der Waals surface area contributed by atoms with Crippen molar-refractivity contribution in [3.05, 3.63) is 12.3 Å². The van der Waals surface area contributed by atoms with E-state index in [0.717, 1.165) is 18.7 Å². The Morgan fingerprint density at radius 3 is 2.67 bits per heavy atom. The largest absolute Gasteiger partial charge is 0.389 e. The molecule has 0 aromatic heterocycles. The van der Waals surface area contributed by atoms with Crippen LogP contribution in [0, 0.1) is 0 Å². The Kier molecular flexibility index (Phi) is 5.27. The first-order valence-corrected chi connectivity index (χ1v) is 6.21. The standard InChI is InChI=1S/C8H18NO2P/c1-4-12(10,11)7-5-6-9-8(2)3/h9H,2,4-7H2,1,3H3,(H,10,11). The quantitative estimate of drug-likeness (QED) is 0.497. The highest BCUT2D eigenvalue weighted by Gasteiger charge is 2.13. The van der Waals surface area contributed by atoms with E-state index in [2.05, 4.69) is 11.9 Å². The van der Waals surface area contributed by atoms with Gasteiger partial charge in [0.25, 0.3) is 0 Å². The molecule has 4 heteroatoms. The van der Waals surface area contributed by atoms with Gasteiger partial charge in [-0.1, -0.05) is 13.5 Å². The van der Waals surface area contributed by atoms with Gasteiger partial charge in [0, 0.05) is 24.6 Å². The molecule has 0 amide bonds. The average Bonchev–Trinajstić information content (AvgIpc) is 1.98. The Morgan fingerprint density at radius 1 is 1.67 bits per heavy atom. The number of hydrogen-bond acceptors (Lipinski definition) is 2. The molecule has 0 radical (unpaired) electrons. The summed E-state index contributed by atoms with van der Waals surface area (Å²) in [7, 11) is -2.80. The van der Waals surface area contributed by atoms with E-state index in [1.807, 2.05) is 6.92 Å². The summed E-state index contributed by atoms with van der Waals surface area (Å²) in [6.45, 7) is 8.02. The lowest BCUT2D eigenvalue weighted by Crippen LogP contribution is -2.13. The van der Waals surface area contributed by atoms with Gasteiger partial charge >= 0.3 is 0 Å². The molecule has 72 valence electrons. The minimum absolute atomic E-state index is 0.375. The molecule has 0 saturated heterocycles. The fourth-order valence-electron chi connectivity index (χ4n) is 0.786. The predicted octanol–water partition coefficient (Wildman–Crippen LogP) is 1.79. The lowest BCUT2D eigenvalue weighted by Gasteiger charge is -2.09. The molecular formula is C8H18NO2P. The monoisotopic (exact) mass is 191 g/mol. The van der Waals surface area contributed by atoms with Gasteiger partial charge in [-0.2, -0.15) is 0 Å². The minimum Gasteiger partial charge on any atom is -0.389 e. The first-order chi connectivity index (χ1) is 5.48. The maximum absolute atomic E-state index is 11.1. The molecule has 0 bridgehead atoms. The third kappa shape index (κ3) is 6.44. The van der Waals surface area contributed by atoms with Crippen molar-refractivity contribution in [3.8, 4) is 0 Å². The van der Waals surface area contributed by atoms with Gasteiger partial charge in [0.1, 0.15) is 0 Å². The van der Waals surface area contributed by atoms with Crippen LogP contribution in [-0.4, -0.2) is 23.8 Å². The van der Waals surface area contributed by atoms with Crippen molar-refractivity contribution in [1.82, 2.24) is 5.32 Å². The number of nitrogens with one attached hydrogen (secondary N) is 1. The summed E-state index contributed by atoms with van der Waals surface area (Å²) < 4.78 is 11.1. The van der Waals surface area contributed by atoms with Crippen LogP contribution < -0.4 is 5.32 Å². The molecule has 12 heavy (non-hydrogen) atoms. The highest BCUT2D eigenvalue weighted by molar-refractivity contribution is 7.57. The molecule has 0 aliphatic heterocycles. The van der Waals surface area contributed by atoms with Gasteiger partial charge in [-0.3, -0.25) is 4.57 Å². The molecular weight excluding hydrogens is 173 g/mol. The molecule has 3 nitrogen and oxygen atoms in total. The van der Waals surface area contributed by atoms with Crippen LogP contribution in [-0.2, 0) is 4.57 Å². The first-order valence-electron chi connectivity index (χ1n) is 4.18. The van der Waals surface area contributed by atoms with Crippen LogP contribution in [0.2, 0.25) is 0 Å². The zero-order valence-corrected chi connectivity index (χ0v) is 8.73. The third-order valence-electron chi connectivity index (χ3n) is 1.61. The van der Waals surface area contributed by atoms with Crippen molar-refractivity contribution in [2.24, 2.45) is 0 Å². The molecule has 0 aliphatic rings. The topological polar surface area (TPSA) is 49.3 Å². The molecule has 0 aromatic carbocycles. The van der Waals surface area contributed by atoms with Crippen molar-refractivity contribution in [1.29, 1.82) is 0 Å². The van der Waals surface area contributed by atoms with Crippen molar-refractivity contribution >= 4 is 7.37 Å². The van der Waals surface area contributed by atoms with E-state index in [1.165, 1.54) is 0 Å². The predicted molar refractivity (Wildman–Crippen MR) is 52.7 cm³/mol. The van der Waals surface area contributed by atoms with E-state index in [0.29, 0.717) is 12.3 Å².